The Morgan fingerprint density at radius 1 is 1.09 bits per heavy atom. The van der Waals surface area contributed by atoms with Gasteiger partial charge in [-0.1, -0.05) is 27.7 Å². The lowest BCUT2D eigenvalue weighted by Crippen LogP contribution is -2.56. The molecule has 0 saturated carbocycles. The van der Waals surface area contributed by atoms with Crippen molar-refractivity contribution >= 4 is 17.7 Å². The van der Waals surface area contributed by atoms with Gasteiger partial charge in [-0.25, -0.2) is 14.8 Å². The number of hydrogen-bond acceptors (Lipinski definition) is 8. The van der Waals surface area contributed by atoms with Crippen LogP contribution in [0.2, 0.25) is 0 Å². The number of alkyl halides is 3. The zero-order valence-electron chi connectivity index (χ0n) is 26.3. The fraction of sp³-hybridized carbons (Fsp3) is 0.613. The summed E-state index contributed by atoms with van der Waals surface area (Å²) >= 11 is 0. The Morgan fingerprint density at radius 2 is 1.84 bits per heavy atom. The number of rotatable bonds is 8. The predicted octanol–water partition coefficient (Wildman–Crippen LogP) is 4.99. The molecule has 0 bridgehead atoms. The number of likely N-dealkylation sites (N-methyl/N-ethyl adjacent to an activating group) is 1. The zero-order chi connectivity index (χ0) is 32.2. The largest absolute Gasteiger partial charge is 0.477 e. The van der Waals surface area contributed by atoms with Crippen LogP contribution in [-0.2, 0) is 4.74 Å². The molecule has 4 rings (SSSR count). The highest BCUT2D eigenvalue weighted by Gasteiger charge is 2.50. The third-order valence-electron chi connectivity index (χ3n) is 7.97. The van der Waals surface area contributed by atoms with Crippen molar-refractivity contribution in [1.29, 1.82) is 0 Å². The third-order valence-corrected chi connectivity index (χ3v) is 7.97. The summed E-state index contributed by atoms with van der Waals surface area (Å²) in [7, 11) is 2.00. The van der Waals surface area contributed by atoms with E-state index in [1.165, 1.54) is 25.7 Å². The van der Waals surface area contributed by atoms with Crippen LogP contribution in [0, 0.1) is 5.41 Å². The number of anilines is 1. The molecule has 2 saturated heterocycles. The Bertz CT molecular complexity index is 1300. The maximum atomic E-state index is 13.8. The van der Waals surface area contributed by atoms with E-state index in [2.05, 4.69) is 15.2 Å². The minimum Gasteiger partial charge on any atom is -0.477 e. The lowest BCUT2D eigenvalue weighted by molar-refractivity contribution is -0.232. The average Bonchev–Trinajstić information content (AvgIpc) is 3.38. The third kappa shape index (κ3) is 7.72. The van der Waals surface area contributed by atoms with Crippen LogP contribution >= 0.6 is 0 Å². The molecule has 242 valence electrons. The summed E-state index contributed by atoms with van der Waals surface area (Å²) < 4.78 is 51.9. The fourth-order valence-electron chi connectivity index (χ4n) is 5.74. The van der Waals surface area contributed by atoms with Crippen LogP contribution in [0.5, 0.6) is 5.88 Å². The van der Waals surface area contributed by atoms with Crippen LogP contribution in [0.3, 0.4) is 0 Å². The summed E-state index contributed by atoms with van der Waals surface area (Å²) in [5.74, 6) is 0.0869. The maximum absolute atomic E-state index is 13.8. The Labute approximate surface area is 256 Å². The average molecular weight is 621 g/mol. The van der Waals surface area contributed by atoms with Gasteiger partial charge in [-0.05, 0) is 57.6 Å². The van der Waals surface area contributed by atoms with Crippen LogP contribution in [-0.4, -0.2) is 103 Å². The van der Waals surface area contributed by atoms with Crippen LogP contribution in [0.15, 0.2) is 30.5 Å². The first-order valence-electron chi connectivity index (χ1n) is 15.1. The molecule has 3 atom stereocenters. The van der Waals surface area contributed by atoms with E-state index in [0.29, 0.717) is 35.9 Å². The molecule has 2 aliphatic rings. The number of piperazine rings is 1. The number of amides is 2. The molecule has 10 nitrogen and oxygen atoms in total. The number of carbonyl (C=O) groups is 2. The first-order valence-corrected chi connectivity index (χ1v) is 15.1. The highest BCUT2D eigenvalue weighted by Crippen LogP contribution is 2.37. The topological polar surface area (TPSA) is 100 Å². The molecule has 2 amide bonds. The molecule has 0 aliphatic carbocycles. The van der Waals surface area contributed by atoms with E-state index in [0.717, 1.165) is 19.5 Å². The molecule has 2 aliphatic heterocycles. The van der Waals surface area contributed by atoms with Crippen molar-refractivity contribution < 1.29 is 32.2 Å². The number of pyridine rings is 2. The number of likely N-dealkylation sites (tertiary alicyclic amines) is 1. The van der Waals surface area contributed by atoms with Crippen LogP contribution in [0.25, 0.3) is 11.3 Å². The Hall–Kier alpha value is -3.61. The summed E-state index contributed by atoms with van der Waals surface area (Å²) in [5.41, 5.74) is 0.660. The molecule has 4 heterocycles. The lowest BCUT2D eigenvalue weighted by Gasteiger charge is -2.43. The van der Waals surface area contributed by atoms with Crippen molar-refractivity contribution in [3.05, 3.63) is 36.2 Å². The van der Waals surface area contributed by atoms with Gasteiger partial charge in [0.15, 0.2) is 5.69 Å². The highest BCUT2D eigenvalue weighted by molar-refractivity contribution is 5.99. The zero-order valence-corrected chi connectivity index (χ0v) is 26.3. The number of nitrogens with zero attached hydrogens (tertiary/aromatic N) is 5. The SMILES string of the molecule is CCOc1ncccc1-c1ccc(N2CCN(C(=O)O[C@@H](C(C)(C)C)C(F)(F)F)C[C@H]2CC)c(C(=O)N[C@@H]2CCN(C)C2)n1. The highest BCUT2D eigenvalue weighted by atomic mass is 19.4. The lowest BCUT2D eigenvalue weighted by atomic mass is 9.88. The van der Waals surface area contributed by atoms with Crippen LogP contribution in [0.1, 0.15) is 57.9 Å². The van der Waals surface area contributed by atoms with Crippen molar-refractivity contribution in [2.45, 2.75) is 71.8 Å². The van der Waals surface area contributed by atoms with Gasteiger partial charge in [0.25, 0.3) is 5.91 Å². The van der Waals surface area contributed by atoms with Gasteiger partial charge < -0.3 is 29.5 Å². The summed E-state index contributed by atoms with van der Waals surface area (Å²) in [4.78, 5) is 41.4. The monoisotopic (exact) mass is 620 g/mol. The van der Waals surface area contributed by atoms with Crippen LogP contribution < -0.4 is 15.0 Å². The van der Waals surface area contributed by atoms with Gasteiger partial charge in [0.2, 0.25) is 12.0 Å². The second kappa shape index (κ2) is 13.6. The first kappa shape index (κ1) is 33.3. The molecular weight excluding hydrogens is 577 g/mol. The molecule has 1 N–H and O–H groups in total. The standard InChI is InChI=1S/C31H43F3N6O4/c1-7-21-19-39(29(42)44-28(30(3,4)5)31(32,33)34)16-17-40(21)24-12-11-23(22-10-9-14-35-27(22)43-8-2)37-25(24)26(41)36-20-13-15-38(6)18-20/h9-12,14,20-21,28H,7-8,13,15-19H2,1-6H3,(H,36,41)/t20-,21-,28+/m1/s1. The van der Waals surface area contributed by atoms with Crippen molar-refractivity contribution in [3.63, 3.8) is 0 Å². The molecule has 2 aromatic rings. The van der Waals surface area contributed by atoms with Crippen molar-refractivity contribution in [2.24, 2.45) is 5.41 Å². The molecule has 0 aromatic carbocycles. The Morgan fingerprint density at radius 3 is 2.45 bits per heavy atom. The van der Waals surface area contributed by atoms with Crippen molar-refractivity contribution in [1.82, 2.24) is 25.1 Å². The summed E-state index contributed by atoms with van der Waals surface area (Å²) in [6.07, 6.45) is -4.92. The minimum atomic E-state index is -4.69. The smallest absolute Gasteiger partial charge is 0.426 e. The number of hydrogen-bond donors (Lipinski definition) is 1. The predicted molar refractivity (Wildman–Crippen MR) is 161 cm³/mol. The van der Waals surface area contributed by atoms with Crippen molar-refractivity contribution in [3.8, 4) is 17.1 Å². The quantitative estimate of drug-likeness (QED) is 0.441. The van der Waals surface area contributed by atoms with Gasteiger partial charge in [-0.3, -0.25) is 4.79 Å². The summed E-state index contributed by atoms with van der Waals surface area (Å²) in [6, 6.07) is 6.93. The van der Waals surface area contributed by atoms with E-state index < -0.39 is 23.8 Å². The van der Waals surface area contributed by atoms with Gasteiger partial charge in [-0.2, -0.15) is 13.2 Å². The first-order chi connectivity index (χ1) is 20.7. The second-order valence-electron chi connectivity index (χ2n) is 12.4. The van der Waals surface area contributed by atoms with Gasteiger partial charge in [0, 0.05) is 49.9 Å². The van der Waals surface area contributed by atoms with E-state index in [1.54, 1.807) is 18.3 Å². The number of ether oxygens (including phenoxy) is 2. The van der Waals surface area contributed by atoms with Gasteiger partial charge in [-0.15, -0.1) is 0 Å². The number of halogens is 3. The maximum Gasteiger partial charge on any atom is 0.426 e. The van der Waals surface area contributed by atoms with E-state index in [4.69, 9.17) is 14.5 Å². The Kier molecular flexibility index (Phi) is 10.3. The number of carbonyl (C=O) groups excluding carboxylic acids is 2. The van der Waals surface area contributed by atoms with E-state index in [-0.39, 0.29) is 43.3 Å². The van der Waals surface area contributed by atoms with Crippen molar-refractivity contribution in [2.75, 3.05) is 51.3 Å². The molecule has 44 heavy (non-hydrogen) atoms. The second-order valence-corrected chi connectivity index (χ2v) is 12.4. The number of aromatic nitrogens is 2. The molecule has 2 fully saturated rings. The normalized spacial score (nSPS) is 20.4. The minimum absolute atomic E-state index is 0.0267. The van der Waals surface area contributed by atoms with E-state index in [9.17, 15) is 22.8 Å². The number of nitrogens with one attached hydrogen (secondary N) is 1. The molecule has 2 aromatic heterocycles. The molecule has 0 radical (unpaired) electrons. The van der Waals surface area contributed by atoms with Gasteiger partial charge in [0.05, 0.1) is 23.6 Å². The van der Waals surface area contributed by atoms with E-state index in [1.807, 2.05) is 37.9 Å². The molecule has 0 spiro atoms. The molecule has 13 heteroatoms. The molecular formula is C31H43F3N6O4. The van der Waals surface area contributed by atoms with Crippen LogP contribution in [0.4, 0.5) is 23.7 Å². The van der Waals surface area contributed by atoms with Gasteiger partial charge >= 0.3 is 12.3 Å². The molecule has 0 unspecified atom stereocenters. The van der Waals surface area contributed by atoms with Gasteiger partial charge in [0.1, 0.15) is 0 Å². The Balaban J connectivity index is 1.63. The summed E-state index contributed by atoms with van der Waals surface area (Å²) in [6.45, 7) is 10.5. The van der Waals surface area contributed by atoms with E-state index >= 15 is 0 Å². The fourth-order valence-corrected chi connectivity index (χ4v) is 5.74. The summed E-state index contributed by atoms with van der Waals surface area (Å²) in [5, 5.41) is 3.13.